The van der Waals surface area contributed by atoms with E-state index in [4.69, 9.17) is 0 Å². The quantitative estimate of drug-likeness (QED) is 0.680. The number of guanidine groups is 1. The minimum atomic E-state index is 0.718. The van der Waals surface area contributed by atoms with Crippen LogP contribution < -0.4 is 5.32 Å². The number of hydrogen-bond donors (Lipinski definition) is 1. The summed E-state index contributed by atoms with van der Waals surface area (Å²) in [5.41, 5.74) is 2.56. The Bertz CT molecular complexity index is 616. The van der Waals surface area contributed by atoms with Crippen LogP contribution in [0.5, 0.6) is 0 Å². The summed E-state index contributed by atoms with van der Waals surface area (Å²) >= 11 is 1.76. The van der Waals surface area contributed by atoms with Crippen LogP contribution in [0.15, 0.2) is 35.5 Å². The van der Waals surface area contributed by atoms with Crippen LogP contribution in [0.3, 0.4) is 0 Å². The lowest BCUT2D eigenvalue weighted by molar-refractivity contribution is 0.476. The molecule has 1 aromatic heterocycles. The van der Waals surface area contributed by atoms with E-state index in [1.807, 2.05) is 13.2 Å². The summed E-state index contributed by atoms with van der Waals surface area (Å²) in [6.07, 6.45) is 3.00. The first-order valence-electron chi connectivity index (χ1n) is 7.53. The molecule has 2 rings (SSSR count). The normalized spacial score (nSPS) is 11.5. The second kappa shape index (κ2) is 7.94. The van der Waals surface area contributed by atoms with E-state index in [1.54, 1.807) is 11.3 Å². The molecule has 5 heteroatoms. The fourth-order valence-corrected chi connectivity index (χ4v) is 2.98. The molecule has 0 atom stereocenters. The molecule has 0 saturated heterocycles. The number of aliphatic imine (C=N–C) groups is 1. The smallest absolute Gasteiger partial charge is 0.194 e. The molecule has 0 radical (unpaired) electrons. The molecule has 0 unspecified atom stereocenters. The van der Waals surface area contributed by atoms with Crippen molar-refractivity contribution in [2.24, 2.45) is 4.99 Å². The van der Waals surface area contributed by atoms with Gasteiger partial charge in [-0.1, -0.05) is 36.8 Å². The zero-order valence-electron chi connectivity index (χ0n) is 13.8. The molecule has 0 spiro atoms. The van der Waals surface area contributed by atoms with E-state index in [-0.39, 0.29) is 0 Å². The summed E-state index contributed by atoms with van der Waals surface area (Å²) in [5, 5.41) is 4.48. The van der Waals surface area contributed by atoms with Crippen molar-refractivity contribution < 1.29 is 0 Å². The number of rotatable bonds is 5. The average Bonchev–Trinajstić information content (AvgIpc) is 2.98. The van der Waals surface area contributed by atoms with Gasteiger partial charge in [-0.2, -0.15) is 0 Å². The largest absolute Gasteiger partial charge is 0.350 e. The van der Waals surface area contributed by atoms with E-state index < -0.39 is 0 Å². The first-order chi connectivity index (χ1) is 10.6. The van der Waals surface area contributed by atoms with E-state index >= 15 is 0 Å². The highest BCUT2D eigenvalue weighted by Gasteiger charge is 2.08. The molecule has 22 heavy (non-hydrogen) atoms. The van der Waals surface area contributed by atoms with Crippen molar-refractivity contribution in [2.75, 3.05) is 14.1 Å². The molecule has 4 nitrogen and oxygen atoms in total. The van der Waals surface area contributed by atoms with Gasteiger partial charge in [0.25, 0.3) is 0 Å². The van der Waals surface area contributed by atoms with E-state index in [0.29, 0.717) is 0 Å². The summed E-state index contributed by atoms with van der Waals surface area (Å²) in [7, 11) is 3.86. The van der Waals surface area contributed by atoms with E-state index in [2.05, 4.69) is 65.4 Å². The first-order valence-corrected chi connectivity index (χ1v) is 8.35. The summed E-state index contributed by atoms with van der Waals surface area (Å²) in [6.45, 7) is 5.80. The molecule has 2 aromatic rings. The van der Waals surface area contributed by atoms with Crippen LogP contribution in [0.2, 0.25) is 0 Å². The number of thiazole rings is 1. The molecule has 0 saturated carbocycles. The van der Waals surface area contributed by atoms with Gasteiger partial charge in [-0.3, -0.25) is 4.99 Å². The number of nitrogens with one attached hydrogen (secondary N) is 1. The van der Waals surface area contributed by atoms with Gasteiger partial charge in [-0.15, -0.1) is 11.3 Å². The monoisotopic (exact) mass is 316 g/mol. The van der Waals surface area contributed by atoms with Gasteiger partial charge >= 0.3 is 0 Å². The van der Waals surface area contributed by atoms with Gasteiger partial charge in [0.1, 0.15) is 5.01 Å². The second-order valence-electron chi connectivity index (χ2n) is 5.32. The number of aryl methyl sites for hydroxylation is 2. The fraction of sp³-hybridized carbons (Fsp3) is 0.412. The van der Waals surface area contributed by atoms with E-state index in [0.717, 1.165) is 30.5 Å². The highest BCUT2D eigenvalue weighted by atomic mass is 32.1. The van der Waals surface area contributed by atoms with Crippen LogP contribution in [0.4, 0.5) is 0 Å². The fourth-order valence-electron chi connectivity index (χ4n) is 2.17. The number of aromatic nitrogens is 1. The van der Waals surface area contributed by atoms with Crippen molar-refractivity contribution in [3.8, 4) is 0 Å². The Balaban J connectivity index is 1.91. The van der Waals surface area contributed by atoms with Crippen LogP contribution in [-0.2, 0) is 19.5 Å². The zero-order chi connectivity index (χ0) is 15.9. The molecule has 1 N–H and O–H groups in total. The third-order valence-electron chi connectivity index (χ3n) is 3.46. The van der Waals surface area contributed by atoms with Gasteiger partial charge < -0.3 is 10.2 Å². The molecule has 0 amide bonds. The van der Waals surface area contributed by atoms with Crippen LogP contribution in [0.25, 0.3) is 0 Å². The maximum Gasteiger partial charge on any atom is 0.194 e. The van der Waals surface area contributed by atoms with Gasteiger partial charge in [0.15, 0.2) is 5.96 Å². The van der Waals surface area contributed by atoms with Crippen molar-refractivity contribution in [1.82, 2.24) is 15.2 Å². The van der Waals surface area contributed by atoms with E-state index in [1.165, 1.54) is 16.0 Å². The van der Waals surface area contributed by atoms with Gasteiger partial charge in [-0.05, 0) is 18.9 Å². The number of hydrogen-bond acceptors (Lipinski definition) is 3. The highest BCUT2D eigenvalue weighted by molar-refractivity contribution is 7.11. The van der Waals surface area contributed by atoms with Gasteiger partial charge in [0.05, 0.1) is 6.54 Å². The lowest BCUT2D eigenvalue weighted by atomic mass is 10.1. The highest BCUT2D eigenvalue weighted by Crippen LogP contribution is 2.13. The van der Waals surface area contributed by atoms with Gasteiger partial charge in [0, 0.05) is 31.7 Å². The molecule has 0 bridgehead atoms. The molecular formula is C17H24N4S. The van der Waals surface area contributed by atoms with Gasteiger partial charge in [0.2, 0.25) is 0 Å². The van der Waals surface area contributed by atoms with Crippen molar-refractivity contribution in [3.63, 3.8) is 0 Å². The Morgan fingerprint density at radius 3 is 2.64 bits per heavy atom. The maximum absolute atomic E-state index is 4.43. The zero-order valence-corrected chi connectivity index (χ0v) is 14.6. The third kappa shape index (κ3) is 4.56. The summed E-state index contributed by atoms with van der Waals surface area (Å²) in [6, 6.07) is 8.60. The Morgan fingerprint density at radius 1 is 1.32 bits per heavy atom. The first kappa shape index (κ1) is 16.5. The maximum atomic E-state index is 4.43. The van der Waals surface area contributed by atoms with E-state index in [9.17, 15) is 0 Å². The van der Waals surface area contributed by atoms with Crippen molar-refractivity contribution in [3.05, 3.63) is 51.5 Å². The third-order valence-corrected chi connectivity index (χ3v) is 4.60. The molecule has 1 heterocycles. The minimum absolute atomic E-state index is 0.718. The Hall–Kier alpha value is -1.88. The second-order valence-corrected chi connectivity index (χ2v) is 6.52. The van der Waals surface area contributed by atoms with Crippen LogP contribution in [-0.4, -0.2) is 29.9 Å². The summed E-state index contributed by atoms with van der Waals surface area (Å²) in [4.78, 5) is 12.2. The summed E-state index contributed by atoms with van der Waals surface area (Å²) in [5.74, 6) is 0.883. The predicted octanol–water partition coefficient (Wildman–Crippen LogP) is 3.22. The standard InChI is InChI=1S/C17H24N4S/c1-5-15-10-19-16(22-15)11-20-17(18-3)21(4)12-14-8-6-13(2)7-9-14/h6-10H,5,11-12H2,1-4H3,(H,18,20). The van der Waals surface area contributed by atoms with Crippen LogP contribution in [0, 0.1) is 6.92 Å². The predicted molar refractivity (Wildman–Crippen MR) is 94.3 cm³/mol. The number of nitrogens with zero attached hydrogens (tertiary/aromatic N) is 3. The number of benzene rings is 1. The lowest BCUT2D eigenvalue weighted by Gasteiger charge is -2.21. The molecule has 0 fully saturated rings. The van der Waals surface area contributed by atoms with Gasteiger partial charge in [-0.25, -0.2) is 4.98 Å². The lowest BCUT2D eigenvalue weighted by Crippen LogP contribution is -2.38. The molecule has 0 aliphatic rings. The summed E-state index contributed by atoms with van der Waals surface area (Å²) < 4.78 is 0. The SMILES string of the molecule is CCc1cnc(CNC(=NC)N(C)Cc2ccc(C)cc2)s1. The molecule has 118 valence electrons. The van der Waals surface area contributed by atoms with Crippen LogP contribution >= 0.6 is 11.3 Å². The minimum Gasteiger partial charge on any atom is -0.350 e. The molecular weight excluding hydrogens is 292 g/mol. The molecule has 0 aliphatic carbocycles. The van der Waals surface area contributed by atoms with Crippen molar-refractivity contribution in [2.45, 2.75) is 33.4 Å². The molecule has 1 aromatic carbocycles. The Morgan fingerprint density at radius 2 is 2.05 bits per heavy atom. The average molecular weight is 316 g/mol. The Kier molecular flexibility index (Phi) is 5.95. The van der Waals surface area contributed by atoms with Crippen molar-refractivity contribution in [1.29, 1.82) is 0 Å². The topological polar surface area (TPSA) is 40.5 Å². The van der Waals surface area contributed by atoms with Crippen molar-refractivity contribution >= 4 is 17.3 Å². The molecule has 0 aliphatic heterocycles. The Labute approximate surface area is 136 Å². The van der Waals surface area contributed by atoms with Crippen LogP contribution in [0.1, 0.15) is 27.9 Å².